The molecule has 0 aromatic rings. The zero-order valence-corrected chi connectivity index (χ0v) is 13.7. The van der Waals surface area contributed by atoms with Crippen LogP contribution in [-0.4, -0.2) is 42.8 Å². The number of rotatable bonds is 4. The summed E-state index contributed by atoms with van der Waals surface area (Å²) in [6, 6.07) is -0.119. The van der Waals surface area contributed by atoms with Gasteiger partial charge < -0.3 is 4.74 Å². The van der Waals surface area contributed by atoms with Crippen LogP contribution in [0.1, 0.15) is 39.5 Å². The molecular weight excluding hydrogens is 336 g/mol. The van der Waals surface area contributed by atoms with Gasteiger partial charge in [0.25, 0.3) is 0 Å². The average molecular weight is 357 g/mol. The summed E-state index contributed by atoms with van der Waals surface area (Å²) in [6.45, 7) is 3.76. The van der Waals surface area contributed by atoms with E-state index in [1.54, 1.807) is 13.8 Å². The molecule has 1 amide bonds. The molecule has 19 heavy (non-hydrogen) atoms. The lowest BCUT2D eigenvalue weighted by Gasteiger charge is -2.27. The van der Waals surface area contributed by atoms with Gasteiger partial charge in [-0.3, -0.25) is 0 Å². The lowest BCUT2D eigenvalue weighted by molar-refractivity contribution is 0.120. The van der Waals surface area contributed by atoms with E-state index in [1.165, 1.54) is 4.31 Å². The summed E-state index contributed by atoms with van der Waals surface area (Å²) < 4.78 is 32.5. The van der Waals surface area contributed by atoms with Crippen LogP contribution in [0, 0.1) is 0 Å². The van der Waals surface area contributed by atoms with E-state index in [4.69, 9.17) is 4.74 Å². The van der Waals surface area contributed by atoms with Crippen LogP contribution in [-0.2, 0) is 14.9 Å². The monoisotopic (exact) mass is 356 g/mol. The van der Waals surface area contributed by atoms with Gasteiger partial charge in [-0.25, -0.2) is 9.52 Å². The maximum atomic E-state index is 12.2. The van der Waals surface area contributed by atoms with Crippen molar-refractivity contribution in [3.05, 3.63) is 0 Å². The predicted molar refractivity (Wildman–Crippen MR) is 76.4 cm³/mol. The topological polar surface area (TPSA) is 75.7 Å². The van der Waals surface area contributed by atoms with Crippen LogP contribution in [0.4, 0.5) is 4.79 Å². The molecule has 0 aromatic carbocycles. The van der Waals surface area contributed by atoms with Crippen LogP contribution in [0.25, 0.3) is 0 Å². The molecule has 1 fully saturated rings. The Morgan fingerprint density at radius 3 is 2.68 bits per heavy atom. The Hall–Kier alpha value is -0.340. The predicted octanol–water partition coefficient (Wildman–Crippen LogP) is 2.01. The first-order chi connectivity index (χ1) is 8.86. The number of hydrogen-bond acceptors (Lipinski definition) is 4. The van der Waals surface area contributed by atoms with Crippen LogP contribution in [0.15, 0.2) is 0 Å². The third-order valence-corrected chi connectivity index (χ3v) is 5.14. The van der Waals surface area contributed by atoms with Gasteiger partial charge in [0.2, 0.25) is 0 Å². The second kappa shape index (κ2) is 7.44. The third kappa shape index (κ3) is 5.27. The van der Waals surface area contributed by atoms with Gasteiger partial charge in [-0.1, -0.05) is 28.8 Å². The molecule has 1 heterocycles. The summed E-state index contributed by atoms with van der Waals surface area (Å²) in [5.74, 6) is 0. The maximum absolute atomic E-state index is 12.2. The SMILES string of the molecule is CC(C)OC(=O)NS(=O)(=O)N1CCCCCC1CBr. The number of amides is 1. The molecule has 1 rings (SSSR count). The van der Waals surface area contributed by atoms with Crippen molar-refractivity contribution in [2.24, 2.45) is 0 Å². The van der Waals surface area contributed by atoms with Gasteiger partial charge in [0.05, 0.1) is 6.10 Å². The number of nitrogens with zero attached hydrogens (tertiary/aromatic N) is 1. The molecule has 6 nitrogen and oxygen atoms in total. The first-order valence-electron chi connectivity index (χ1n) is 6.43. The Kier molecular flexibility index (Phi) is 6.55. The van der Waals surface area contributed by atoms with Gasteiger partial charge in [-0.05, 0) is 26.7 Å². The van der Waals surface area contributed by atoms with Crippen molar-refractivity contribution < 1.29 is 17.9 Å². The summed E-state index contributed by atoms with van der Waals surface area (Å²) >= 11 is 3.33. The fraction of sp³-hybridized carbons (Fsp3) is 0.909. The lowest BCUT2D eigenvalue weighted by atomic mass is 10.1. The zero-order chi connectivity index (χ0) is 14.5. The molecule has 1 saturated heterocycles. The van der Waals surface area contributed by atoms with E-state index < -0.39 is 16.3 Å². The number of nitrogens with one attached hydrogen (secondary N) is 1. The minimum absolute atomic E-state index is 0.119. The molecule has 0 aromatic heterocycles. The van der Waals surface area contributed by atoms with E-state index in [1.807, 2.05) is 4.72 Å². The van der Waals surface area contributed by atoms with Crippen molar-refractivity contribution >= 4 is 32.2 Å². The highest BCUT2D eigenvalue weighted by atomic mass is 79.9. The highest BCUT2D eigenvalue weighted by molar-refractivity contribution is 9.09. The van der Waals surface area contributed by atoms with Crippen molar-refractivity contribution in [1.29, 1.82) is 0 Å². The molecule has 1 unspecified atom stereocenters. The molecule has 0 aliphatic carbocycles. The first-order valence-corrected chi connectivity index (χ1v) is 8.99. The Balaban J connectivity index is 2.75. The van der Waals surface area contributed by atoms with Crippen LogP contribution < -0.4 is 4.72 Å². The van der Waals surface area contributed by atoms with Crippen molar-refractivity contribution in [3.63, 3.8) is 0 Å². The Labute approximate surface area is 123 Å². The number of ether oxygens (including phenoxy) is 1. The summed E-state index contributed by atoms with van der Waals surface area (Å²) in [5.41, 5.74) is 0. The molecule has 0 bridgehead atoms. The lowest BCUT2D eigenvalue weighted by Crippen LogP contribution is -2.49. The number of halogens is 1. The summed E-state index contributed by atoms with van der Waals surface area (Å²) in [4.78, 5) is 11.4. The second-order valence-corrected chi connectivity index (χ2v) is 7.10. The molecular formula is C11H21BrN2O4S. The summed E-state index contributed by atoms with van der Waals surface area (Å²) in [6.07, 6.45) is 2.33. The van der Waals surface area contributed by atoms with Crippen molar-refractivity contribution in [1.82, 2.24) is 9.03 Å². The molecule has 1 aliphatic heterocycles. The Morgan fingerprint density at radius 1 is 1.42 bits per heavy atom. The third-order valence-electron chi connectivity index (χ3n) is 2.87. The van der Waals surface area contributed by atoms with Gasteiger partial charge in [0.1, 0.15) is 0 Å². The summed E-state index contributed by atoms with van der Waals surface area (Å²) in [5, 5.41) is 0.563. The average Bonchev–Trinajstić information content (AvgIpc) is 2.51. The fourth-order valence-corrected chi connectivity index (χ4v) is 4.21. The summed E-state index contributed by atoms with van der Waals surface area (Å²) in [7, 11) is -3.83. The highest BCUT2D eigenvalue weighted by Crippen LogP contribution is 2.20. The van der Waals surface area contributed by atoms with Crippen molar-refractivity contribution in [2.75, 3.05) is 11.9 Å². The fourth-order valence-electron chi connectivity index (χ4n) is 2.02. The van der Waals surface area contributed by atoms with Crippen molar-refractivity contribution in [2.45, 2.75) is 51.7 Å². The smallest absolute Gasteiger partial charge is 0.422 e. The van der Waals surface area contributed by atoms with Crippen LogP contribution in [0.5, 0.6) is 0 Å². The number of carbonyl (C=O) groups is 1. The van der Waals surface area contributed by atoms with Crippen molar-refractivity contribution in [3.8, 4) is 0 Å². The molecule has 112 valence electrons. The minimum atomic E-state index is -3.83. The van der Waals surface area contributed by atoms with E-state index in [0.29, 0.717) is 11.9 Å². The van der Waals surface area contributed by atoms with Gasteiger partial charge in [0.15, 0.2) is 0 Å². The minimum Gasteiger partial charge on any atom is -0.446 e. The molecule has 1 N–H and O–H groups in total. The van der Waals surface area contributed by atoms with Gasteiger partial charge in [0, 0.05) is 17.9 Å². The van der Waals surface area contributed by atoms with E-state index in [-0.39, 0.29) is 12.1 Å². The standard InChI is InChI=1S/C11H21BrN2O4S/c1-9(2)18-11(15)13-19(16,17)14-7-5-3-4-6-10(14)8-12/h9-10H,3-8H2,1-2H3,(H,13,15). The normalized spacial score (nSPS) is 22.0. The van der Waals surface area contributed by atoms with Crippen LogP contribution in [0.2, 0.25) is 0 Å². The number of carbonyl (C=O) groups excluding carboxylic acids is 1. The Morgan fingerprint density at radius 2 is 2.11 bits per heavy atom. The zero-order valence-electron chi connectivity index (χ0n) is 11.3. The Bertz CT molecular complexity index is 399. The maximum Gasteiger partial charge on any atom is 0.422 e. The molecule has 8 heteroatoms. The van der Waals surface area contributed by atoms with E-state index in [0.717, 1.165) is 25.7 Å². The second-order valence-electron chi connectivity index (χ2n) is 4.83. The molecule has 0 radical (unpaired) electrons. The van der Waals surface area contributed by atoms with Crippen LogP contribution in [0.3, 0.4) is 0 Å². The van der Waals surface area contributed by atoms with Gasteiger partial charge >= 0.3 is 16.3 Å². The number of hydrogen-bond donors (Lipinski definition) is 1. The molecule has 1 aliphatic rings. The van der Waals surface area contributed by atoms with E-state index in [9.17, 15) is 13.2 Å². The molecule has 1 atom stereocenters. The largest absolute Gasteiger partial charge is 0.446 e. The van der Waals surface area contributed by atoms with Gasteiger partial charge in [-0.15, -0.1) is 0 Å². The van der Waals surface area contributed by atoms with E-state index >= 15 is 0 Å². The van der Waals surface area contributed by atoms with Crippen LogP contribution >= 0.6 is 15.9 Å². The number of alkyl halides is 1. The highest BCUT2D eigenvalue weighted by Gasteiger charge is 2.32. The van der Waals surface area contributed by atoms with Gasteiger partial charge in [-0.2, -0.15) is 12.7 Å². The quantitative estimate of drug-likeness (QED) is 0.781. The molecule has 0 saturated carbocycles. The van der Waals surface area contributed by atoms with E-state index in [2.05, 4.69) is 15.9 Å². The molecule has 0 spiro atoms. The first kappa shape index (κ1) is 16.7.